The van der Waals surface area contributed by atoms with Crippen molar-refractivity contribution in [2.75, 3.05) is 36.4 Å². The van der Waals surface area contributed by atoms with E-state index in [1.54, 1.807) is 19.2 Å². The number of hydrogen-bond donors (Lipinski definition) is 1. The lowest BCUT2D eigenvalue weighted by atomic mass is 10.2. The molecule has 1 aliphatic heterocycles. The lowest BCUT2D eigenvalue weighted by Crippen LogP contribution is -2.49. The van der Waals surface area contributed by atoms with Gasteiger partial charge in [0.05, 0.1) is 11.8 Å². The number of hydrogen-bond acceptors (Lipinski definition) is 6. The van der Waals surface area contributed by atoms with E-state index in [9.17, 15) is 9.59 Å². The van der Waals surface area contributed by atoms with E-state index in [0.29, 0.717) is 31.1 Å². The van der Waals surface area contributed by atoms with E-state index in [1.807, 2.05) is 23.1 Å². The van der Waals surface area contributed by atoms with Crippen LogP contribution in [0, 0.1) is 18.8 Å². The molecule has 2 fully saturated rings. The fourth-order valence-corrected chi connectivity index (χ4v) is 3.33. The number of carbonyl (C=O) groups is 2. The van der Waals surface area contributed by atoms with E-state index in [2.05, 4.69) is 20.4 Å². The Morgan fingerprint density at radius 3 is 2.65 bits per heavy atom. The average molecular weight is 355 g/mol. The molecule has 0 bridgehead atoms. The molecule has 1 saturated carbocycles. The third kappa shape index (κ3) is 3.40. The van der Waals surface area contributed by atoms with Gasteiger partial charge in [0.15, 0.2) is 5.82 Å². The minimum absolute atomic E-state index is 0.0714. The van der Waals surface area contributed by atoms with Gasteiger partial charge in [-0.15, -0.1) is 0 Å². The van der Waals surface area contributed by atoms with E-state index in [0.717, 1.165) is 18.9 Å². The van der Waals surface area contributed by atoms with Gasteiger partial charge in [-0.3, -0.25) is 9.59 Å². The maximum atomic E-state index is 12.7. The predicted molar refractivity (Wildman–Crippen MR) is 94.5 cm³/mol. The standard InChI is InChI=1S/C18H21N5O3/c1-12-10-15(21-26-12)20-17(24)13-11-14(13)18(25)23-8-6-22(7-9-23)16-4-2-3-5-19-16/h2-5,10,13-14H,6-9,11H2,1H3,(H,20,21,24). The third-order valence-corrected chi connectivity index (χ3v) is 4.89. The number of anilines is 2. The first-order valence-corrected chi connectivity index (χ1v) is 8.81. The summed E-state index contributed by atoms with van der Waals surface area (Å²) in [6.45, 7) is 4.58. The van der Waals surface area contributed by atoms with Crippen LogP contribution in [-0.4, -0.2) is 53.0 Å². The second-order valence-corrected chi connectivity index (χ2v) is 6.76. The molecule has 2 unspecified atom stereocenters. The Labute approximate surface area is 151 Å². The summed E-state index contributed by atoms with van der Waals surface area (Å²) >= 11 is 0. The Morgan fingerprint density at radius 1 is 1.19 bits per heavy atom. The fourth-order valence-electron chi connectivity index (χ4n) is 3.33. The number of pyridine rings is 1. The first-order chi connectivity index (χ1) is 12.6. The molecule has 4 rings (SSSR count). The minimum atomic E-state index is -0.270. The van der Waals surface area contributed by atoms with Gasteiger partial charge in [-0.2, -0.15) is 0 Å². The molecule has 8 nitrogen and oxygen atoms in total. The molecule has 8 heteroatoms. The molecule has 0 radical (unpaired) electrons. The molecule has 1 saturated heterocycles. The average Bonchev–Trinajstić information content (AvgIpc) is 3.38. The number of rotatable bonds is 4. The number of piperazine rings is 1. The van der Waals surface area contributed by atoms with E-state index in [4.69, 9.17) is 4.52 Å². The zero-order chi connectivity index (χ0) is 18.1. The Balaban J connectivity index is 1.28. The molecule has 2 aromatic heterocycles. The van der Waals surface area contributed by atoms with Crippen LogP contribution in [0.2, 0.25) is 0 Å². The van der Waals surface area contributed by atoms with Crippen molar-refractivity contribution in [3.63, 3.8) is 0 Å². The number of nitrogens with one attached hydrogen (secondary N) is 1. The van der Waals surface area contributed by atoms with Crippen LogP contribution in [0.5, 0.6) is 0 Å². The summed E-state index contributed by atoms with van der Waals surface area (Å²) in [6, 6.07) is 7.49. The lowest BCUT2D eigenvalue weighted by molar-refractivity contribution is -0.134. The third-order valence-electron chi connectivity index (χ3n) is 4.89. The number of nitrogens with zero attached hydrogens (tertiary/aromatic N) is 4. The van der Waals surface area contributed by atoms with Gasteiger partial charge in [0, 0.05) is 38.4 Å². The predicted octanol–water partition coefficient (Wildman–Crippen LogP) is 1.30. The molecule has 2 aromatic rings. The molecule has 0 spiro atoms. The van der Waals surface area contributed by atoms with Crippen molar-refractivity contribution in [2.45, 2.75) is 13.3 Å². The number of aromatic nitrogens is 2. The van der Waals surface area contributed by atoms with Gasteiger partial charge in [0.25, 0.3) is 0 Å². The Morgan fingerprint density at radius 2 is 2.00 bits per heavy atom. The molecule has 2 aliphatic rings. The summed E-state index contributed by atoms with van der Waals surface area (Å²) in [5, 5.41) is 6.46. The molecular weight excluding hydrogens is 334 g/mol. The van der Waals surface area contributed by atoms with Gasteiger partial charge in [0.1, 0.15) is 11.6 Å². The molecule has 26 heavy (non-hydrogen) atoms. The number of aryl methyl sites for hydroxylation is 1. The lowest BCUT2D eigenvalue weighted by Gasteiger charge is -2.35. The van der Waals surface area contributed by atoms with Gasteiger partial charge in [0.2, 0.25) is 11.8 Å². The zero-order valence-corrected chi connectivity index (χ0v) is 14.6. The van der Waals surface area contributed by atoms with Gasteiger partial charge in [-0.1, -0.05) is 11.2 Å². The van der Waals surface area contributed by atoms with Crippen LogP contribution in [0.4, 0.5) is 11.6 Å². The molecular formula is C18H21N5O3. The topological polar surface area (TPSA) is 91.6 Å². The van der Waals surface area contributed by atoms with Crippen LogP contribution in [-0.2, 0) is 9.59 Å². The molecule has 3 heterocycles. The quantitative estimate of drug-likeness (QED) is 0.889. The van der Waals surface area contributed by atoms with E-state index in [-0.39, 0.29) is 23.7 Å². The van der Waals surface area contributed by atoms with Crippen molar-refractivity contribution in [1.82, 2.24) is 15.0 Å². The highest BCUT2D eigenvalue weighted by Crippen LogP contribution is 2.41. The Hall–Kier alpha value is -2.90. The molecule has 1 aliphatic carbocycles. The van der Waals surface area contributed by atoms with Crippen LogP contribution in [0.1, 0.15) is 12.2 Å². The van der Waals surface area contributed by atoms with Crippen LogP contribution in [0.25, 0.3) is 0 Å². The van der Waals surface area contributed by atoms with Crippen LogP contribution < -0.4 is 10.2 Å². The summed E-state index contributed by atoms with van der Waals surface area (Å²) in [5.41, 5.74) is 0. The van der Waals surface area contributed by atoms with E-state index >= 15 is 0 Å². The second kappa shape index (κ2) is 6.78. The largest absolute Gasteiger partial charge is 0.360 e. The van der Waals surface area contributed by atoms with Crippen LogP contribution in [0.3, 0.4) is 0 Å². The van der Waals surface area contributed by atoms with Gasteiger partial charge >= 0.3 is 0 Å². The first-order valence-electron chi connectivity index (χ1n) is 8.81. The van der Waals surface area contributed by atoms with Crippen molar-refractivity contribution >= 4 is 23.5 Å². The van der Waals surface area contributed by atoms with Crippen molar-refractivity contribution in [3.8, 4) is 0 Å². The fraction of sp³-hybridized carbons (Fsp3) is 0.444. The molecule has 2 amide bonds. The van der Waals surface area contributed by atoms with Crippen LogP contribution >= 0.6 is 0 Å². The van der Waals surface area contributed by atoms with Gasteiger partial charge in [-0.25, -0.2) is 4.98 Å². The summed E-state index contributed by atoms with van der Waals surface area (Å²) in [4.78, 5) is 33.3. The van der Waals surface area contributed by atoms with Crippen molar-refractivity contribution < 1.29 is 14.1 Å². The second-order valence-electron chi connectivity index (χ2n) is 6.76. The first kappa shape index (κ1) is 16.6. The van der Waals surface area contributed by atoms with E-state index < -0.39 is 0 Å². The summed E-state index contributed by atoms with van der Waals surface area (Å²) in [6.07, 6.45) is 2.37. The smallest absolute Gasteiger partial charge is 0.229 e. The summed E-state index contributed by atoms with van der Waals surface area (Å²) in [5.74, 6) is 1.39. The van der Waals surface area contributed by atoms with Crippen molar-refractivity contribution in [1.29, 1.82) is 0 Å². The monoisotopic (exact) mass is 355 g/mol. The Kier molecular flexibility index (Phi) is 4.32. The highest BCUT2D eigenvalue weighted by Gasteiger charge is 2.49. The molecule has 2 atom stereocenters. The summed E-state index contributed by atoms with van der Waals surface area (Å²) < 4.78 is 4.93. The van der Waals surface area contributed by atoms with Gasteiger partial charge in [-0.05, 0) is 25.5 Å². The highest BCUT2D eigenvalue weighted by molar-refractivity contribution is 5.99. The maximum Gasteiger partial charge on any atom is 0.229 e. The highest BCUT2D eigenvalue weighted by atomic mass is 16.5. The van der Waals surface area contributed by atoms with Gasteiger partial charge < -0.3 is 19.6 Å². The van der Waals surface area contributed by atoms with Crippen molar-refractivity contribution in [3.05, 3.63) is 36.2 Å². The number of amides is 2. The maximum absolute atomic E-state index is 12.7. The normalized spacial score (nSPS) is 22.2. The summed E-state index contributed by atoms with van der Waals surface area (Å²) in [7, 11) is 0. The van der Waals surface area contributed by atoms with E-state index in [1.165, 1.54) is 0 Å². The molecule has 1 N–H and O–H groups in total. The Bertz CT molecular complexity index is 798. The SMILES string of the molecule is Cc1cc(NC(=O)C2CC2C(=O)N2CCN(c3ccccn3)CC2)no1. The van der Waals surface area contributed by atoms with Crippen LogP contribution in [0.15, 0.2) is 35.0 Å². The molecule has 0 aromatic carbocycles. The minimum Gasteiger partial charge on any atom is -0.360 e. The van der Waals surface area contributed by atoms with Crippen molar-refractivity contribution in [2.24, 2.45) is 11.8 Å². The number of carbonyl (C=O) groups excluding carboxylic acids is 2. The molecule has 136 valence electrons. The zero-order valence-electron chi connectivity index (χ0n) is 14.6.